The van der Waals surface area contributed by atoms with Crippen molar-refractivity contribution in [1.82, 2.24) is 5.32 Å². The zero-order valence-corrected chi connectivity index (χ0v) is 5.95. The zero-order valence-electron chi connectivity index (χ0n) is 5.95. The molecule has 0 fully saturated rings. The van der Waals surface area contributed by atoms with E-state index in [0.717, 1.165) is 0 Å². The van der Waals surface area contributed by atoms with Gasteiger partial charge in [-0.15, -0.1) is 0 Å². The Morgan fingerprint density at radius 3 is 2.60 bits per heavy atom. The molecular weight excluding hydrogens is 134 g/mol. The number of hydrogen-bond acceptors (Lipinski definition) is 4. The third-order valence-electron chi connectivity index (χ3n) is 1.37. The van der Waals surface area contributed by atoms with Gasteiger partial charge < -0.3 is 20.3 Å². The van der Waals surface area contributed by atoms with E-state index in [2.05, 4.69) is 5.32 Å². The molecule has 0 aromatic rings. The molecule has 0 aromatic heterocycles. The van der Waals surface area contributed by atoms with Crippen LogP contribution >= 0.6 is 0 Å². The maximum atomic E-state index is 9.88. The van der Waals surface area contributed by atoms with Crippen molar-refractivity contribution in [3.8, 4) is 0 Å². The lowest BCUT2D eigenvalue weighted by molar-refractivity contribution is -0.110. The van der Waals surface area contributed by atoms with Crippen LogP contribution in [0, 0.1) is 0 Å². The number of aldehydes is 1. The lowest BCUT2D eigenvalue weighted by Gasteiger charge is -2.17. The zero-order chi connectivity index (χ0) is 7.98. The van der Waals surface area contributed by atoms with Crippen molar-refractivity contribution in [3.05, 3.63) is 0 Å². The quantitative estimate of drug-likeness (QED) is 0.415. The van der Waals surface area contributed by atoms with Crippen molar-refractivity contribution < 1.29 is 15.0 Å². The van der Waals surface area contributed by atoms with Crippen molar-refractivity contribution >= 4 is 6.29 Å². The van der Waals surface area contributed by atoms with Gasteiger partial charge in [0.1, 0.15) is 6.29 Å². The first-order valence-corrected chi connectivity index (χ1v) is 3.16. The third kappa shape index (κ3) is 2.91. The van der Waals surface area contributed by atoms with Gasteiger partial charge in [-0.2, -0.15) is 0 Å². The van der Waals surface area contributed by atoms with E-state index in [1.54, 1.807) is 7.05 Å². The van der Waals surface area contributed by atoms with Crippen molar-refractivity contribution in [2.75, 3.05) is 13.7 Å². The number of aliphatic hydroxyl groups excluding tert-OH is 2. The molecule has 60 valence electrons. The summed E-state index contributed by atoms with van der Waals surface area (Å²) in [7, 11) is 1.62. The summed E-state index contributed by atoms with van der Waals surface area (Å²) in [5.41, 5.74) is 0. The molecule has 4 heteroatoms. The van der Waals surface area contributed by atoms with Gasteiger partial charge in [0.25, 0.3) is 0 Å². The van der Waals surface area contributed by atoms with Gasteiger partial charge in [-0.25, -0.2) is 0 Å². The second kappa shape index (κ2) is 5.34. The summed E-state index contributed by atoms with van der Waals surface area (Å²) in [5.74, 6) is 0. The van der Waals surface area contributed by atoms with Crippen LogP contribution in [-0.2, 0) is 4.79 Å². The fourth-order valence-corrected chi connectivity index (χ4v) is 0.668. The Labute approximate surface area is 59.9 Å². The second-order valence-corrected chi connectivity index (χ2v) is 2.05. The molecule has 0 amide bonds. The van der Waals surface area contributed by atoms with E-state index in [4.69, 9.17) is 10.2 Å². The number of nitrogens with one attached hydrogen (secondary N) is 1. The maximum absolute atomic E-state index is 9.88. The average molecular weight is 147 g/mol. The SMILES string of the molecule is CNC(CO)C(O)CC=O. The molecule has 3 N–H and O–H groups in total. The van der Waals surface area contributed by atoms with Crippen LogP contribution in [-0.4, -0.2) is 42.3 Å². The number of hydrogen-bond donors (Lipinski definition) is 3. The first-order chi connectivity index (χ1) is 4.76. The predicted octanol–water partition coefficient (Wildman–Crippen LogP) is -1.48. The van der Waals surface area contributed by atoms with E-state index in [1.165, 1.54) is 0 Å². The summed E-state index contributed by atoms with van der Waals surface area (Å²) >= 11 is 0. The lowest BCUT2D eigenvalue weighted by atomic mass is 10.1. The molecule has 0 saturated heterocycles. The smallest absolute Gasteiger partial charge is 0.122 e. The van der Waals surface area contributed by atoms with E-state index in [0.29, 0.717) is 6.29 Å². The number of carbonyl (C=O) groups is 1. The van der Waals surface area contributed by atoms with Crippen molar-refractivity contribution in [3.63, 3.8) is 0 Å². The molecule has 0 rings (SSSR count). The number of aliphatic hydroxyl groups is 2. The molecule has 0 radical (unpaired) electrons. The largest absolute Gasteiger partial charge is 0.395 e. The van der Waals surface area contributed by atoms with E-state index < -0.39 is 12.1 Å². The highest BCUT2D eigenvalue weighted by atomic mass is 16.3. The molecule has 0 aliphatic rings. The first-order valence-electron chi connectivity index (χ1n) is 3.16. The van der Waals surface area contributed by atoms with E-state index in [-0.39, 0.29) is 13.0 Å². The van der Waals surface area contributed by atoms with Gasteiger partial charge in [0.15, 0.2) is 0 Å². The molecule has 0 saturated carbocycles. The molecule has 4 nitrogen and oxygen atoms in total. The predicted molar refractivity (Wildman–Crippen MR) is 36.6 cm³/mol. The minimum atomic E-state index is -0.785. The Kier molecular flexibility index (Phi) is 5.10. The van der Waals surface area contributed by atoms with Gasteiger partial charge in [-0.1, -0.05) is 0 Å². The topological polar surface area (TPSA) is 69.6 Å². The van der Waals surface area contributed by atoms with Crippen LogP contribution in [0.1, 0.15) is 6.42 Å². The lowest BCUT2D eigenvalue weighted by Crippen LogP contribution is -2.40. The van der Waals surface area contributed by atoms with Crippen LogP contribution in [0.2, 0.25) is 0 Å². The number of carbonyl (C=O) groups excluding carboxylic acids is 1. The Morgan fingerprint density at radius 2 is 2.30 bits per heavy atom. The Morgan fingerprint density at radius 1 is 1.70 bits per heavy atom. The van der Waals surface area contributed by atoms with Crippen LogP contribution < -0.4 is 5.32 Å². The first kappa shape index (κ1) is 9.55. The van der Waals surface area contributed by atoms with Crippen LogP contribution in [0.15, 0.2) is 0 Å². The molecule has 2 atom stereocenters. The van der Waals surface area contributed by atoms with Gasteiger partial charge in [-0.05, 0) is 7.05 Å². The molecular formula is C6H13NO3. The maximum Gasteiger partial charge on any atom is 0.122 e. The van der Waals surface area contributed by atoms with Gasteiger partial charge >= 0.3 is 0 Å². The minimum absolute atomic E-state index is 0.0616. The van der Waals surface area contributed by atoms with E-state index in [9.17, 15) is 4.79 Å². The highest BCUT2D eigenvalue weighted by Gasteiger charge is 2.14. The van der Waals surface area contributed by atoms with Crippen molar-refractivity contribution in [1.29, 1.82) is 0 Å². The fraction of sp³-hybridized carbons (Fsp3) is 0.833. The highest BCUT2D eigenvalue weighted by molar-refractivity contribution is 5.50. The normalized spacial score (nSPS) is 16.3. The van der Waals surface area contributed by atoms with Gasteiger partial charge in [0.2, 0.25) is 0 Å². The van der Waals surface area contributed by atoms with Gasteiger partial charge in [0.05, 0.1) is 18.8 Å². The van der Waals surface area contributed by atoms with E-state index in [1.807, 2.05) is 0 Å². The summed E-state index contributed by atoms with van der Waals surface area (Å²) in [5, 5.41) is 20.3. The van der Waals surface area contributed by atoms with Crippen molar-refractivity contribution in [2.24, 2.45) is 0 Å². The molecule has 0 heterocycles. The van der Waals surface area contributed by atoms with Gasteiger partial charge in [-0.3, -0.25) is 0 Å². The highest BCUT2D eigenvalue weighted by Crippen LogP contribution is 1.94. The van der Waals surface area contributed by atoms with Crippen LogP contribution in [0.25, 0.3) is 0 Å². The summed E-state index contributed by atoms with van der Waals surface area (Å²) in [4.78, 5) is 9.88. The van der Waals surface area contributed by atoms with Crippen LogP contribution in [0.3, 0.4) is 0 Å². The fourth-order valence-electron chi connectivity index (χ4n) is 0.668. The molecule has 10 heavy (non-hydrogen) atoms. The van der Waals surface area contributed by atoms with Crippen LogP contribution in [0.4, 0.5) is 0 Å². The Bertz CT molecular complexity index is 93.0. The summed E-state index contributed by atoms with van der Waals surface area (Å²) < 4.78 is 0. The summed E-state index contributed by atoms with van der Waals surface area (Å²) in [6.07, 6.45) is -0.0935. The minimum Gasteiger partial charge on any atom is -0.395 e. The molecule has 0 aromatic carbocycles. The third-order valence-corrected chi connectivity index (χ3v) is 1.37. The molecule has 0 bridgehead atoms. The molecule has 0 aliphatic carbocycles. The molecule has 0 spiro atoms. The molecule has 2 unspecified atom stereocenters. The number of likely N-dealkylation sites (N-methyl/N-ethyl adjacent to an activating group) is 1. The average Bonchev–Trinajstić information content (AvgIpc) is 1.91. The van der Waals surface area contributed by atoms with E-state index >= 15 is 0 Å². The van der Waals surface area contributed by atoms with Crippen molar-refractivity contribution in [2.45, 2.75) is 18.6 Å². The molecule has 0 aliphatic heterocycles. The van der Waals surface area contributed by atoms with Crippen LogP contribution in [0.5, 0.6) is 0 Å². The summed E-state index contributed by atoms with van der Waals surface area (Å²) in [6.45, 7) is -0.161. The number of rotatable bonds is 5. The monoisotopic (exact) mass is 147 g/mol. The second-order valence-electron chi connectivity index (χ2n) is 2.05. The van der Waals surface area contributed by atoms with Gasteiger partial charge in [0, 0.05) is 6.42 Å². The summed E-state index contributed by atoms with van der Waals surface area (Å²) in [6, 6.07) is -0.398. The Balaban J connectivity index is 3.63. The Hall–Kier alpha value is -0.450. The standard InChI is InChI=1S/C6H13NO3/c1-7-5(4-9)6(10)2-3-8/h3,5-7,9-10H,2,4H2,1H3.